The summed E-state index contributed by atoms with van der Waals surface area (Å²) in [6.07, 6.45) is 0. The Balaban J connectivity index is 1.15. The van der Waals surface area contributed by atoms with Crippen LogP contribution in [0.2, 0.25) is 0 Å². The lowest BCUT2D eigenvalue weighted by Crippen LogP contribution is -2.31. The van der Waals surface area contributed by atoms with E-state index in [4.69, 9.17) is 0 Å². The van der Waals surface area contributed by atoms with Gasteiger partial charge in [-0.3, -0.25) is 0 Å². The number of benzene rings is 9. The third-order valence-corrected chi connectivity index (χ3v) is 13.0. The van der Waals surface area contributed by atoms with Crippen LogP contribution in [0.25, 0.3) is 43.8 Å². The molecule has 1 aliphatic carbocycles. The van der Waals surface area contributed by atoms with E-state index in [0.29, 0.717) is 0 Å². The fourth-order valence-corrected chi connectivity index (χ4v) is 10.0. The molecule has 0 saturated carbocycles. The van der Waals surface area contributed by atoms with Crippen LogP contribution in [0.1, 0.15) is 49.9 Å². The van der Waals surface area contributed by atoms with Crippen LogP contribution in [-0.4, -0.2) is 0 Å². The molecule has 0 fully saturated rings. The molecule has 1 heterocycles. The van der Waals surface area contributed by atoms with Crippen LogP contribution in [0, 0.1) is 0 Å². The van der Waals surface area contributed by atoms with E-state index in [2.05, 4.69) is 232 Å². The molecule has 0 N–H and O–H groups in total. The molecule has 11 rings (SSSR count). The number of nitrogens with zero attached hydrogens (tertiary/aromatic N) is 2. The van der Waals surface area contributed by atoms with Gasteiger partial charge in [-0.25, -0.2) is 0 Å². The first kappa shape index (κ1) is 34.4. The Hall–Kier alpha value is -6.90. The average Bonchev–Trinajstić information content (AvgIpc) is 3.49. The highest BCUT2D eigenvalue weighted by Gasteiger charge is 2.39. The van der Waals surface area contributed by atoms with Gasteiger partial charge in [-0.1, -0.05) is 167 Å². The van der Waals surface area contributed by atoms with E-state index in [1.165, 1.54) is 83.1 Å². The molecular weight excluding hydrogens is 701 g/mol. The predicted molar refractivity (Wildman–Crippen MR) is 246 cm³/mol. The lowest BCUT2D eigenvalue weighted by atomic mass is 9.73. The molecule has 2 nitrogen and oxygen atoms in total. The minimum absolute atomic E-state index is 0.0979. The Labute approximate surface area is 341 Å². The standard InChI is InChI=1S/C56H44N2/c1-55(2)48-23-13-12-22-46(48)47-32-28-40(35-50(47)55)45-31-27-38-17-10-11-21-44(38)54(45)58-52-25-15-14-24-49(52)56(3,4)51-36-43(30-33-53(51)58)57(41-19-6-5-7-20-41)42-29-26-37-16-8-9-18-39(37)34-42/h5-36H,1-4H3. The smallest absolute Gasteiger partial charge is 0.0618 e. The van der Waals surface area contributed by atoms with Crippen molar-refractivity contribution in [2.75, 3.05) is 9.80 Å². The molecule has 2 heteroatoms. The number of fused-ring (bicyclic) bond motifs is 7. The van der Waals surface area contributed by atoms with Crippen LogP contribution in [-0.2, 0) is 10.8 Å². The second-order valence-corrected chi connectivity index (χ2v) is 17.0. The van der Waals surface area contributed by atoms with Gasteiger partial charge in [-0.05, 0) is 110 Å². The molecule has 1 aliphatic heterocycles. The summed E-state index contributed by atoms with van der Waals surface area (Å²) in [7, 11) is 0. The van der Waals surface area contributed by atoms with Crippen LogP contribution >= 0.6 is 0 Å². The van der Waals surface area contributed by atoms with Gasteiger partial charge in [0.15, 0.2) is 0 Å². The van der Waals surface area contributed by atoms with E-state index in [9.17, 15) is 0 Å². The molecule has 278 valence electrons. The lowest BCUT2D eigenvalue weighted by Gasteiger charge is -2.43. The van der Waals surface area contributed by atoms with Gasteiger partial charge in [0.25, 0.3) is 0 Å². The first-order chi connectivity index (χ1) is 28.3. The second-order valence-electron chi connectivity index (χ2n) is 17.0. The Morgan fingerprint density at radius 1 is 0.362 bits per heavy atom. The lowest BCUT2D eigenvalue weighted by molar-refractivity contribution is 0.632. The largest absolute Gasteiger partial charge is 0.310 e. The Morgan fingerprint density at radius 3 is 1.79 bits per heavy atom. The fourth-order valence-electron chi connectivity index (χ4n) is 10.0. The minimum atomic E-state index is -0.279. The zero-order chi connectivity index (χ0) is 39.2. The van der Waals surface area contributed by atoms with Crippen molar-refractivity contribution in [3.63, 3.8) is 0 Å². The van der Waals surface area contributed by atoms with Gasteiger partial charge in [0, 0.05) is 38.8 Å². The Bertz CT molecular complexity index is 3080. The molecule has 0 atom stereocenters. The van der Waals surface area contributed by atoms with Gasteiger partial charge in [0.05, 0.1) is 17.1 Å². The summed E-state index contributed by atoms with van der Waals surface area (Å²) in [4.78, 5) is 4.97. The summed E-state index contributed by atoms with van der Waals surface area (Å²) in [6, 6.07) is 72.0. The predicted octanol–water partition coefficient (Wildman–Crippen LogP) is 15.5. The topological polar surface area (TPSA) is 6.48 Å². The van der Waals surface area contributed by atoms with Crippen LogP contribution in [0.4, 0.5) is 34.1 Å². The quantitative estimate of drug-likeness (QED) is 0.173. The highest BCUT2D eigenvalue weighted by Crippen LogP contribution is 2.57. The van der Waals surface area contributed by atoms with Crippen LogP contribution in [0.3, 0.4) is 0 Å². The summed E-state index contributed by atoms with van der Waals surface area (Å²) in [5.74, 6) is 0. The Kier molecular flexibility index (Phi) is 7.59. The maximum absolute atomic E-state index is 2.56. The van der Waals surface area contributed by atoms with Gasteiger partial charge in [-0.15, -0.1) is 0 Å². The van der Waals surface area contributed by atoms with E-state index in [1.54, 1.807) is 0 Å². The minimum Gasteiger partial charge on any atom is -0.310 e. The van der Waals surface area contributed by atoms with Crippen LogP contribution in [0.5, 0.6) is 0 Å². The normalized spacial score (nSPS) is 14.4. The number of hydrogen-bond donors (Lipinski definition) is 0. The first-order valence-corrected chi connectivity index (χ1v) is 20.4. The molecular formula is C56H44N2. The monoisotopic (exact) mass is 744 g/mol. The van der Waals surface area contributed by atoms with Crippen molar-refractivity contribution in [3.8, 4) is 22.3 Å². The molecule has 0 amide bonds. The molecule has 2 aliphatic rings. The first-order valence-electron chi connectivity index (χ1n) is 20.4. The van der Waals surface area contributed by atoms with Crippen molar-refractivity contribution < 1.29 is 0 Å². The van der Waals surface area contributed by atoms with Crippen molar-refractivity contribution in [1.82, 2.24) is 0 Å². The number of anilines is 6. The summed E-state index contributed by atoms with van der Waals surface area (Å²) in [6.45, 7) is 9.52. The maximum Gasteiger partial charge on any atom is 0.0618 e. The highest BCUT2D eigenvalue weighted by molar-refractivity contribution is 6.08. The number of para-hydroxylation sites is 2. The third kappa shape index (κ3) is 5.11. The fraction of sp³-hybridized carbons (Fsp3) is 0.107. The molecule has 9 aromatic carbocycles. The van der Waals surface area contributed by atoms with Crippen molar-refractivity contribution >= 4 is 55.7 Å². The van der Waals surface area contributed by atoms with Crippen molar-refractivity contribution in [2.24, 2.45) is 0 Å². The van der Waals surface area contributed by atoms with E-state index in [1.807, 2.05) is 0 Å². The number of hydrogen-bond acceptors (Lipinski definition) is 2. The maximum atomic E-state index is 2.56. The summed E-state index contributed by atoms with van der Waals surface area (Å²) >= 11 is 0. The van der Waals surface area contributed by atoms with Gasteiger partial charge in [0.2, 0.25) is 0 Å². The van der Waals surface area contributed by atoms with E-state index in [0.717, 1.165) is 17.1 Å². The van der Waals surface area contributed by atoms with Crippen LogP contribution < -0.4 is 9.80 Å². The van der Waals surface area contributed by atoms with E-state index < -0.39 is 0 Å². The summed E-state index contributed by atoms with van der Waals surface area (Å²) < 4.78 is 0. The molecule has 0 radical (unpaired) electrons. The summed E-state index contributed by atoms with van der Waals surface area (Å²) in [5.41, 5.74) is 17.1. The molecule has 58 heavy (non-hydrogen) atoms. The van der Waals surface area contributed by atoms with Crippen molar-refractivity contribution in [1.29, 1.82) is 0 Å². The SMILES string of the molecule is CC1(C)c2ccccc2-c2ccc(-c3ccc4ccccc4c3N3c4ccccc4C(C)(C)c4cc(N(c5ccccc5)c5ccc6ccccc6c5)ccc43)cc21. The molecule has 0 aromatic heterocycles. The molecule has 0 unspecified atom stereocenters. The van der Waals surface area contributed by atoms with E-state index in [-0.39, 0.29) is 10.8 Å². The van der Waals surface area contributed by atoms with Gasteiger partial charge < -0.3 is 9.80 Å². The van der Waals surface area contributed by atoms with Crippen molar-refractivity contribution in [2.45, 2.75) is 38.5 Å². The second kappa shape index (κ2) is 12.8. The van der Waals surface area contributed by atoms with Crippen molar-refractivity contribution in [3.05, 3.63) is 216 Å². The summed E-state index contributed by atoms with van der Waals surface area (Å²) in [5, 5.41) is 4.92. The van der Waals surface area contributed by atoms with Gasteiger partial charge >= 0.3 is 0 Å². The van der Waals surface area contributed by atoms with Gasteiger partial charge in [0.1, 0.15) is 0 Å². The number of rotatable bonds is 5. The molecule has 0 bridgehead atoms. The zero-order valence-corrected chi connectivity index (χ0v) is 33.4. The average molecular weight is 745 g/mol. The van der Waals surface area contributed by atoms with Crippen LogP contribution in [0.15, 0.2) is 194 Å². The molecule has 0 spiro atoms. The Morgan fingerprint density at radius 2 is 0.948 bits per heavy atom. The van der Waals surface area contributed by atoms with E-state index >= 15 is 0 Å². The van der Waals surface area contributed by atoms with Gasteiger partial charge in [-0.2, -0.15) is 0 Å². The zero-order valence-electron chi connectivity index (χ0n) is 33.4. The molecule has 0 saturated heterocycles. The molecule has 9 aromatic rings. The highest BCUT2D eigenvalue weighted by atomic mass is 15.2. The third-order valence-electron chi connectivity index (χ3n) is 13.0.